The van der Waals surface area contributed by atoms with Crippen molar-refractivity contribution in [2.45, 2.75) is 19.3 Å². The van der Waals surface area contributed by atoms with Gasteiger partial charge in [-0.1, -0.05) is 12.1 Å². The van der Waals surface area contributed by atoms with Crippen LogP contribution in [-0.4, -0.2) is 43.6 Å². The molecule has 1 aromatic carbocycles. The summed E-state index contributed by atoms with van der Waals surface area (Å²) in [6, 6.07) is 11.7. The van der Waals surface area contributed by atoms with E-state index >= 15 is 0 Å². The number of aromatic amines is 1. The molecule has 7 nitrogen and oxygen atoms in total. The third kappa shape index (κ3) is 3.51. The molecule has 0 atom stereocenters. The smallest absolute Gasteiger partial charge is 0.337 e. The van der Waals surface area contributed by atoms with Crippen LogP contribution in [0.2, 0.25) is 0 Å². The molecule has 0 spiro atoms. The Morgan fingerprint density at radius 1 is 1.17 bits per heavy atom. The standard InChI is InChI=1S/C20H19N5O2S2/c26-19(18-21-14-4-1-2-5-15(14)29-18)24-9-7-13(8-10-24)12-16-22-23-20(27)25(16)17-6-3-11-28-17/h1-6,11,13H,7-10,12H2,(H,23,27). The topological polar surface area (TPSA) is 83.9 Å². The number of aromatic nitrogens is 4. The number of para-hydroxylation sites is 1. The number of rotatable bonds is 4. The van der Waals surface area contributed by atoms with E-state index in [4.69, 9.17) is 0 Å². The summed E-state index contributed by atoms with van der Waals surface area (Å²) in [7, 11) is 0. The highest BCUT2D eigenvalue weighted by molar-refractivity contribution is 7.20. The third-order valence-electron chi connectivity index (χ3n) is 5.32. The van der Waals surface area contributed by atoms with Crippen molar-refractivity contribution >= 4 is 38.8 Å². The second-order valence-electron chi connectivity index (χ2n) is 7.16. The lowest BCUT2D eigenvalue weighted by Crippen LogP contribution is -2.39. The first kappa shape index (κ1) is 18.3. The minimum absolute atomic E-state index is 0.0138. The highest BCUT2D eigenvalue weighted by atomic mass is 32.1. The molecule has 29 heavy (non-hydrogen) atoms. The molecule has 0 bridgehead atoms. The molecule has 4 heterocycles. The van der Waals surface area contributed by atoms with Crippen molar-refractivity contribution in [1.29, 1.82) is 0 Å². The quantitative estimate of drug-likeness (QED) is 0.544. The van der Waals surface area contributed by atoms with Crippen molar-refractivity contribution in [3.8, 4) is 5.00 Å². The van der Waals surface area contributed by atoms with E-state index in [1.165, 1.54) is 22.7 Å². The van der Waals surface area contributed by atoms with Crippen molar-refractivity contribution in [3.63, 3.8) is 0 Å². The molecule has 0 radical (unpaired) electrons. The zero-order valence-corrected chi connectivity index (χ0v) is 17.2. The van der Waals surface area contributed by atoms with Crippen LogP contribution in [0.15, 0.2) is 46.6 Å². The number of hydrogen-bond donors (Lipinski definition) is 1. The van der Waals surface area contributed by atoms with Gasteiger partial charge in [0.05, 0.1) is 10.2 Å². The van der Waals surface area contributed by atoms with E-state index in [2.05, 4.69) is 15.2 Å². The van der Waals surface area contributed by atoms with Crippen LogP contribution in [0.1, 0.15) is 28.5 Å². The Hall–Kier alpha value is -2.78. The molecular formula is C20H19N5O2S2. The van der Waals surface area contributed by atoms with Gasteiger partial charge >= 0.3 is 5.69 Å². The number of nitrogens with one attached hydrogen (secondary N) is 1. The highest BCUT2D eigenvalue weighted by Crippen LogP contribution is 2.26. The first-order valence-electron chi connectivity index (χ1n) is 9.54. The average Bonchev–Trinajstić information content (AvgIpc) is 3.48. The van der Waals surface area contributed by atoms with Crippen LogP contribution in [0.25, 0.3) is 15.2 Å². The Bertz CT molecular complexity index is 1170. The molecule has 0 unspecified atom stereocenters. The molecule has 1 saturated heterocycles. The van der Waals surface area contributed by atoms with Gasteiger partial charge in [0.25, 0.3) is 5.91 Å². The van der Waals surface area contributed by atoms with Gasteiger partial charge in [0.1, 0.15) is 10.8 Å². The zero-order valence-electron chi connectivity index (χ0n) is 15.6. The van der Waals surface area contributed by atoms with E-state index in [-0.39, 0.29) is 11.6 Å². The minimum atomic E-state index is -0.203. The normalized spacial score (nSPS) is 15.2. The average molecular weight is 426 g/mol. The molecule has 5 rings (SSSR count). The Morgan fingerprint density at radius 3 is 2.76 bits per heavy atom. The van der Waals surface area contributed by atoms with E-state index in [1.807, 2.05) is 46.7 Å². The molecule has 1 aliphatic heterocycles. The summed E-state index contributed by atoms with van der Waals surface area (Å²) in [5, 5.41) is 10.2. The lowest BCUT2D eigenvalue weighted by atomic mass is 9.93. The van der Waals surface area contributed by atoms with E-state index in [0.717, 1.165) is 40.3 Å². The van der Waals surface area contributed by atoms with Gasteiger partial charge in [0, 0.05) is 19.5 Å². The van der Waals surface area contributed by atoms with E-state index in [1.54, 1.807) is 4.57 Å². The number of thiazole rings is 1. The van der Waals surface area contributed by atoms with E-state index < -0.39 is 0 Å². The molecule has 1 amide bonds. The maximum Gasteiger partial charge on any atom is 0.348 e. The fourth-order valence-electron chi connectivity index (χ4n) is 3.79. The molecule has 3 aromatic heterocycles. The summed E-state index contributed by atoms with van der Waals surface area (Å²) in [6.45, 7) is 1.40. The Balaban J connectivity index is 1.25. The Labute approximate surface area is 174 Å². The van der Waals surface area contributed by atoms with Crippen LogP contribution in [0.3, 0.4) is 0 Å². The number of benzene rings is 1. The Morgan fingerprint density at radius 2 is 2.00 bits per heavy atom. The third-order valence-corrected chi connectivity index (χ3v) is 7.20. The monoisotopic (exact) mass is 425 g/mol. The number of nitrogens with zero attached hydrogens (tertiary/aromatic N) is 4. The fraction of sp³-hybridized carbons (Fsp3) is 0.300. The number of carbonyl (C=O) groups is 1. The number of fused-ring (bicyclic) bond motifs is 1. The van der Waals surface area contributed by atoms with Gasteiger partial charge < -0.3 is 4.90 Å². The fourth-order valence-corrected chi connectivity index (χ4v) is 5.47. The van der Waals surface area contributed by atoms with Gasteiger partial charge in [-0.3, -0.25) is 4.79 Å². The molecule has 1 N–H and O–H groups in total. The SMILES string of the molecule is O=C(c1nc2ccccc2s1)N1CCC(Cc2n[nH]c(=O)n2-c2cccs2)CC1. The van der Waals surface area contributed by atoms with Gasteiger partial charge in [-0.25, -0.2) is 19.4 Å². The first-order chi connectivity index (χ1) is 14.2. The van der Waals surface area contributed by atoms with Crippen LogP contribution >= 0.6 is 22.7 Å². The predicted octanol–water partition coefficient (Wildman–Crippen LogP) is 3.33. The minimum Gasteiger partial charge on any atom is -0.337 e. The van der Waals surface area contributed by atoms with Gasteiger partial charge in [-0.15, -0.1) is 22.7 Å². The Kier molecular flexibility index (Phi) is 4.76. The molecule has 148 valence electrons. The number of amides is 1. The molecule has 9 heteroatoms. The van der Waals surface area contributed by atoms with Gasteiger partial charge in [-0.2, -0.15) is 5.10 Å². The summed E-state index contributed by atoms with van der Waals surface area (Å²) in [5.74, 6) is 1.16. The van der Waals surface area contributed by atoms with Crippen molar-refractivity contribution in [2.75, 3.05) is 13.1 Å². The lowest BCUT2D eigenvalue weighted by Gasteiger charge is -2.31. The number of carbonyl (C=O) groups excluding carboxylic acids is 1. The highest BCUT2D eigenvalue weighted by Gasteiger charge is 2.27. The van der Waals surface area contributed by atoms with E-state index in [9.17, 15) is 9.59 Å². The van der Waals surface area contributed by atoms with Crippen molar-refractivity contribution in [3.05, 3.63) is 63.1 Å². The lowest BCUT2D eigenvalue weighted by molar-refractivity contribution is 0.0689. The second-order valence-corrected chi connectivity index (χ2v) is 9.11. The van der Waals surface area contributed by atoms with Gasteiger partial charge in [-0.05, 0) is 48.4 Å². The van der Waals surface area contributed by atoms with Crippen molar-refractivity contribution in [2.24, 2.45) is 5.92 Å². The molecule has 4 aromatic rings. The zero-order chi connectivity index (χ0) is 19.8. The second kappa shape index (κ2) is 7.57. The molecule has 0 aliphatic carbocycles. The summed E-state index contributed by atoms with van der Waals surface area (Å²) < 4.78 is 2.69. The van der Waals surface area contributed by atoms with Crippen LogP contribution in [0.5, 0.6) is 0 Å². The molecule has 0 saturated carbocycles. The predicted molar refractivity (Wildman–Crippen MR) is 114 cm³/mol. The van der Waals surface area contributed by atoms with Crippen LogP contribution in [-0.2, 0) is 6.42 Å². The maximum absolute atomic E-state index is 12.9. The summed E-state index contributed by atoms with van der Waals surface area (Å²) in [4.78, 5) is 31.4. The number of hydrogen-bond acceptors (Lipinski definition) is 6. The van der Waals surface area contributed by atoms with E-state index in [0.29, 0.717) is 24.0 Å². The maximum atomic E-state index is 12.9. The van der Waals surface area contributed by atoms with Crippen molar-refractivity contribution in [1.82, 2.24) is 24.6 Å². The molecular weight excluding hydrogens is 406 g/mol. The number of piperidine rings is 1. The number of likely N-dealkylation sites (tertiary alicyclic amines) is 1. The summed E-state index contributed by atoms with van der Waals surface area (Å²) in [6.07, 6.45) is 2.50. The van der Waals surface area contributed by atoms with Crippen molar-refractivity contribution < 1.29 is 4.79 Å². The van der Waals surface area contributed by atoms with Crippen LogP contribution < -0.4 is 5.69 Å². The number of H-pyrrole nitrogens is 1. The van der Waals surface area contributed by atoms with Crippen LogP contribution in [0, 0.1) is 5.92 Å². The summed E-state index contributed by atoms with van der Waals surface area (Å²) in [5.41, 5.74) is 0.673. The summed E-state index contributed by atoms with van der Waals surface area (Å²) >= 11 is 2.97. The number of thiophene rings is 1. The molecule has 1 fully saturated rings. The van der Waals surface area contributed by atoms with Crippen LogP contribution in [0.4, 0.5) is 0 Å². The van der Waals surface area contributed by atoms with Gasteiger partial charge in [0.2, 0.25) is 0 Å². The molecule has 1 aliphatic rings. The largest absolute Gasteiger partial charge is 0.348 e. The van der Waals surface area contributed by atoms with Gasteiger partial charge in [0.15, 0.2) is 5.01 Å². The first-order valence-corrected chi connectivity index (χ1v) is 11.2.